The Kier molecular flexibility index (Phi) is 7.91. The van der Waals surface area contributed by atoms with Gasteiger partial charge in [0, 0.05) is 24.7 Å². The Bertz CT molecular complexity index is 1160. The van der Waals surface area contributed by atoms with Gasteiger partial charge in [-0.2, -0.15) is 0 Å². The molecule has 3 amide bonds. The van der Waals surface area contributed by atoms with Crippen LogP contribution in [0.4, 0.5) is 25.5 Å². The molecule has 192 valence electrons. The fraction of sp³-hybridized carbons (Fsp3) is 0.364. The molecule has 1 saturated heterocycles. The van der Waals surface area contributed by atoms with Gasteiger partial charge in [0.25, 0.3) is 0 Å². The van der Waals surface area contributed by atoms with Crippen LogP contribution in [-0.4, -0.2) is 71.3 Å². The van der Waals surface area contributed by atoms with E-state index >= 15 is 0 Å². The maximum atomic E-state index is 15.0. The lowest BCUT2D eigenvalue weighted by Crippen LogP contribution is -2.40. The standard InChI is InChI=1S/C22H20Cl3FN4O6/c23-22(24,25)12-34-20(32)30(19-5-8-35-27-19)11-16-10-29(21(33)36-16)15-1-2-17(18(26)9-15)14-3-6-28(13-31)7-4-14/h1-3,5,8-9,13,16H,4,6-7,10-12H2. The highest BCUT2D eigenvalue weighted by atomic mass is 35.6. The fourth-order valence-electron chi connectivity index (χ4n) is 3.82. The average molecular weight is 562 g/mol. The molecule has 0 saturated carbocycles. The largest absolute Gasteiger partial charge is 0.445 e. The zero-order valence-corrected chi connectivity index (χ0v) is 20.9. The van der Waals surface area contributed by atoms with E-state index in [1.165, 1.54) is 23.3 Å². The monoisotopic (exact) mass is 560 g/mol. The van der Waals surface area contributed by atoms with Gasteiger partial charge in [0.1, 0.15) is 24.8 Å². The Morgan fingerprint density at radius 1 is 1.33 bits per heavy atom. The number of rotatable bonds is 7. The van der Waals surface area contributed by atoms with Crippen LogP contribution in [0, 0.1) is 5.82 Å². The van der Waals surface area contributed by atoms with Gasteiger partial charge in [-0.15, -0.1) is 0 Å². The van der Waals surface area contributed by atoms with E-state index in [4.69, 9.17) is 48.8 Å². The number of amides is 3. The van der Waals surface area contributed by atoms with Gasteiger partial charge in [0.2, 0.25) is 10.2 Å². The molecule has 0 bridgehead atoms. The average Bonchev–Trinajstić information content (AvgIpc) is 3.50. The van der Waals surface area contributed by atoms with E-state index in [0.717, 1.165) is 16.9 Å². The third-order valence-corrected chi connectivity index (χ3v) is 5.87. The minimum absolute atomic E-state index is 0.0285. The summed E-state index contributed by atoms with van der Waals surface area (Å²) in [6.07, 6.45) is 1.93. The molecule has 2 aromatic rings. The molecule has 1 aromatic carbocycles. The highest BCUT2D eigenvalue weighted by Gasteiger charge is 2.37. The molecule has 0 aliphatic carbocycles. The van der Waals surface area contributed by atoms with Crippen LogP contribution in [0.3, 0.4) is 0 Å². The Balaban J connectivity index is 1.45. The molecule has 2 aliphatic heterocycles. The quantitative estimate of drug-likeness (QED) is 0.364. The minimum Gasteiger partial charge on any atom is -0.445 e. The molecule has 1 aromatic heterocycles. The Morgan fingerprint density at radius 2 is 2.14 bits per heavy atom. The summed E-state index contributed by atoms with van der Waals surface area (Å²) in [5.74, 6) is -0.405. The highest BCUT2D eigenvalue weighted by molar-refractivity contribution is 6.67. The van der Waals surface area contributed by atoms with E-state index in [1.54, 1.807) is 23.1 Å². The van der Waals surface area contributed by atoms with Crippen molar-refractivity contribution in [2.75, 3.05) is 42.6 Å². The van der Waals surface area contributed by atoms with Gasteiger partial charge in [0.05, 0.1) is 18.8 Å². The Hall–Kier alpha value is -3.02. The van der Waals surface area contributed by atoms with Crippen LogP contribution in [0.5, 0.6) is 0 Å². The van der Waals surface area contributed by atoms with Crippen molar-refractivity contribution in [2.45, 2.75) is 16.3 Å². The van der Waals surface area contributed by atoms with Crippen molar-refractivity contribution in [3.63, 3.8) is 0 Å². The van der Waals surface area contributed by atoms with E-state index in [-0.39, 0.29) is 18.9 Å². The minimum atomic E-state index is -1.82. The number of hydrogen-bond acceptors (Lipinski definition) is 7. The van der Waals surface area contributed by atoms with E-state index in [9.17, 15) is 18.8 Å². The summed E-state index contributed by atoms with van der Waals surface area (Å²) >= 11 is 16.9. The molecule has 4 rings (SSSR count). The van der Waals surface area contributed by atoms with Crippen molar-refractivity contribution in [3.8, 4) is 0 Å². The lowest BCUT2D eigenvalue weighted by atomic mass is 9.98. The first-order valence-corrected chi connectivity index (χ1v) is 11.9. The number of anilines is 2. The molecule has 1 atom stereocenters. The van der Waals surface area contributed by atoms with Crippen molar-refractivity contribution in [2.24, 2.45) is 0 Å². The van der Waals surface area contributed by atoms with Crippen molar-refractivity contribution in [1.29, 1.82) is 0 Å². The van der Waals surface area contributed by atoms with E-state index in [1.807, 2.05) is 0 Å². The van der Waals surface area contributed by atoms with Crippen LogP contribution in [0.1, 0.15) is 12.0 Å². The fourth-order valence-corrected chi connectivity index (χ4v) is 3.98. The maximum Gasteiger partial charge on any atom is 0.415 e. The smallest absolute Gasteiger partial charge is 0.415 e. The van der Waals surface area contributed by atoms with Gasteiger partial charge in [-0.3, -0.25) is 14.6 Å². The molecule has 0 spiro atoms. The summed E-state index contributed by atoms with van der Waals surface area (Å²) in [5.41, 5.74) is 1.49. The van der Waals surface area contributed by atoms with Gasteiger partial charge in [-0.05, 0) is 30.2 Å². The van der Waals surface area contributed by atoms with Crippen molar-refractivity contribution in [1.82, 2.24) is 10.1 Å². The summed E-state index contributed by atoms with van der Waals surface area (Å²) in [6, 6.07) is 5.85. The van der Waals surface area contributed by atoms with Crippen LogP contribution in [0.2, 0.25) is 0 Å². The number of hydrogen-bond donors (Lipinski definition) is 0. The number of ether oxygens (including phenoxy) is 2. The summed E-state index contributed by atoms with van der Waals surface area (Å²) < 4.78 is 28.3. The molecule has 3 heterocycles. The zero-order chi connectivity index (χ0) is 25.9. The topological polar surface area (TPSA) is 105 Å². The first-order chi connectivity index (χ1) is 17.1. The number of carbonyl (C=O) groups excluding carboxylic acids is 3. The second-order valence-electron chi connectivity index (χ2n) is 8.00. The summed E-state index contributed by atoms with van der Waals surface area (Å²) in [4.78, 5) is 40.0. The normalized spacial score (nSPS) is 18.1. The van der Waals surface area contributed by atoms with E-state index in [2.05, 4.69) is 5.16 Å². The third-order valence-electron chi connectivity index (χ3n) is 5.54. The second-order valence-corrected chi connectivity index (χ2v) is 10.5. The van der Waals surface area contributed by atoms with Crippen LogP contribution >= 0.6 is 34.8 Å². The van der Waals surface area contributed by atoms with Crippen molar-refractivity contribution >= 4 is 70.5 Å². The number of alkyl halides is 3. The predicted octanol–water partition coefficient (Wildman–Crippen LogP) is 4.40. The number of carbonyl (C=O) groups is 3. The molecule has 0 radical (unpaired) electrons. The number of nitrogens with zero attached hydrogens (tertiary/aromatic N) is 4. The van der Waals surface area contributed by atoms with Gasteiger partial charge in [-0.25, -0.2) is 14.0 Å². The highest BCUT2D eigenvalue weighted by Crippen LogP contribution is 2.30. The Labute approximate surface area is 220 Å². The maximum absolute atomic E-state index is 15.0. The van der Waals surface area contributed by atoms with Crippen LogP contribution < -0.4 is 9.80 Å². The number of benzene rings is 1. The van der Waals surface area contributed by atoms with E-state index < -0.39 is 34.5 Å². The lowest BCUT2D eigenvalue weighted by molar-refractivity contribution is -0.117. The summed E-state index contributed by atoms with van der Waals surface area (Å²) in [5, 5.41) is 3.72. The first-order valence-electron chi connectivity index (χ1n) is 10.7. The summed E-state index contributed by atoms with van der Waals surface area (Å²) in [6.45, 7) is 0.278. The van der Waals surface area contributed by atoms with Gasteiger partial charge < -0.3 is 18.9 Å². The van der Waals surface area contributed by atoms with Crippen LogP contribution in [0.25, 0.3) is 5.57 Å². The molecule has 1 unspecified atom stereocenters. The zero-order valence-electron chi connectivity index (χ0n) is 18.6. The lowest BCUT2D eigenvalue weighted by Gasteiger charge is -2.23. The molecule has 2 aliphatic rings. The van der Waals surface area contributed by atoms with Gasteiger partial charge in [0.15, 0.2) is 5.82 Å². The van der Waals surface area contributed by atoms with Crippen molar-refractivity contribution < 1.29 is 32.8 Å². The Morgan fingerprint density at radius 3 is 2.75 bits per heavy atom. The number of cyclic esters (lactones) is 1. The molecule has 14 heteroatoms. The van der Waals surface area contributed by atoms with Gasteiger partial charge in [-0.1, -0.05) is 46.0 Å². The molecule has 0 N–H and O–H groups in total. The van der Waals surface area contributed by atoms with Gasteiger partial charge >= 0.3 is 12.2 Å². The molecule has 36 heavy (non-hydrogen) atoms. The second kappa shape index (κ2) is 10.9. The number of halogens is 4. The van der Waals surface area contributed by atoms with Crippen molar-refractivity contribution in [3.05, 3.63) is 48.0 Å². The first kappa shape index (κ1) is 26.1. The van der Waals surface area contributed by atoms with Crippen LogP contribution in [0.15, 0.2) is 41.1 Å². The SMILES string of the molecule is O=CN1CC=C(c2ccc(N3CC(CN(C(=O)OCC(Cl)(Cl)Cl)c4ccon4)OC3=O)cc2F)CC1. The van der Waals surface area contributed by atoms with E-state index in [0.29, 0.717) is 30.8 Å². The molecule has 1 fully saturated rings. The van der Waals surface area contributed by atoms with Crippen LogP contribution in [-0.2, 0) is 14.3 Å². The third kappa shape index (κ3) is 6.21. The molecular weight excluding hydrogens is 542 g/mol. The molecular formula is C22H20Cl3FN4O6. The molecule has 10 nitrogen and oxygen atoms in total. The number of aromatic nitrogens is 1. The summed E-state index contributed by atoms with van der Waals surface area (Å²) in [7, 11) is 0. The predicted molar refractivity (Wildman–Crippen MR) is 130 cm³/mol.